The number of aromatic nitrogens is 1. The fourth-order valence-electron chi connectivity index (χ4n) is 7.11. The van der Waals surface area contributed by atoms with E-state index in [1.807, 2.05) is 55.6 Å². The maximum Gasteiger partial charge on any atom is 0.250 e. The molecule has 40 heavy (non-hydrogen) atoms. The number of aryl methyl sites for hydroxylation is 1. The van der Waals surface area contributed by atoms with Crippen LogP contribution in [0.15, 0.2) is 66.9 Å². The highest BCUT2D eigenvalue weighted by molar-refractivity contribution is 6.26. The Balaban J connectivity index is 1.27. The summed E-state index contributed by atoms with van der Waals surface area (Å²) < 4.78 is 11.4. The molecular weight excluding hydrogens is 508 g/mol. The fourth-order valence-corrected chi connectivity index (χ4v) is 7.11. The van der Waals surface area contributed by atoms with Crippen molar-refractivity contribution in [3.8, 4) is 11.5 Å². The van der Waals surface area contributed by atoms with Crippen LogP contribution in [0.4, 0.5) is 11.4 Å². The number of hydrogen-bond acceptors (Lipinski definition) is 6. The van der Waals surface area contributed by atoms with Crippen LogP contribution in [0.5, 0.6) is 11.5 Å². The topological polar surface area (TPSA) is 113 Å². The van der Waals surface area contributed by atoms with Gasteiger partial charge in [0.25, 0.3) is 0 Å². The second-order valence-electron chi connectivity index (χ2n) is 10.9. The number of carbonyl (C=O) groups is 3. The van der Waals surface area contributed by atoms with Crippen LogP contribution in [0.1, 0.15) is 16.7 Å². The van der Waals surface area contributed by atoms with E-state index in [-0.39, 0.29) is 11.8 Å². The third-order valence-corrected chi connectivity index (χ3v) is 8.86. The predicted molar refractivity (Wildman–Crippen MR) is 147 cm³/mol. The molecule has 1 aromatic heterocycles. The Labute approximate surface area is 229 Å². The van der Waals surface area contributed by atoms with Crippen LogP contribution in [0, 0.1) is 18.8 Å². The molecule has 9 heteroatoms. The third kappa shape index (κ3) is 2.98. The Morgan fingerprint density at radius 2 is 1.77 bits per heavy atom. The van der Waals surface area contributed by atoms with Crippen molar-refractivity contribution in [2.75, 3.05) is 23.4 Å². The van der Waals surface area contributed by atoms with Crippen LogP contribution in [0.2, 0.25) is 0 Å². The molecule has 4 atom stereocenters. The molecule has 9 nitrogen and oxygen atoms in total. The first-order valence-electron chi connectivity index (χ1n) is 13.5. The fraction of sp³-hybridized carbons (Fsp3) is 0.258. The molecule has 3 aromatic carbocycles. The van der Waals surface area contributed by atoms with Gasteiger partial charge in [-0.25, -0.2) is 4.90 Å². The van der Waals surface area contributed by atoms with Crippen molar-refractivity contribution >= 4 is 40.0 Å². The van der Waals surface area contributed by atoms with Crippen LogP contribution in [-0.2, 0) is 26.3 Å². The zero-order valence-corrected chi connectivity index (χ0v) is 21.7. The monoisotopic (exact) mass is 534 g/mol. The van der Waals surface area contributed by atoms with Gasteiger partial charge in [0, 0.05) is 40.5 Å². The summed E-state index contributed by atoms with van der Waals surface area (Å²) in [5, 5.41) is 7.62. The molecule has 200 valence electrons. The molecule has 3 amide bonds. The summed E-state index contributed by atoms with van der Waals surface area (Å²) in [6.45, 7) is 2.76. The number of carbonyl (C=O) groups excluding carboxylic acids is 3. The Kier molecular flexibility index (Phi) is 4.76. The van der Waals surface area contributed by atoms with Crippen molar-refractivity contribution in [1.82, 2.24) is 10.3 Å². The van der Waals surface area contributed by atoms with Crippen LogP contribution in [0.3, 0.4) is 0 Å². The molecule has 0 aliphatic carbocycles. The Bertz CT molecular complexity index is 1760. The van der Waals surface area contributed by atoms with Gasteiger partial charge >= 0.3 is 0 Å². The molecule has 2 fully saturated rings. The lowest BCUT2D eigenvalue weighted by Gasteiger charge is -2.30. The SMILES string of the molecule is Cc1cccc2c1NC(=O)[C@@]21N[C@H](Cc2c[nH]c3ccccc23)[C@H]2C(=O)N(c3ccc4c(c3)OCCO4)C(=O)[C@H]21. The maximum atomic E-state index is 14.3. The van der Waals surface area contributed by atoms with E-state index in [9.17, 15) is 14.4 Å². The molecule has 4 aromatic rings. The minimum Gasteiger partial charge on any atom is -0.486 e. The molecule has 0 bridgehead atoms. The maximum absolute atomic E-state index is 14.3. The van der Waals surface area contributed by atoms with E-state index in [1.54, 1.807) is 18.2 Å². The molecule has 0 radical (unpaired) electrons. The lowest BCUT2D eigenvalue weighted by atomic mass is 9.76. The molecular formula is C31H26N4O5. The molecule has 4 aliphatic rings. The van der Waals surface area contributed by atoms with Crippen molar-refractivity contribution in [1.29, 1.82) is 0 Å². The number of aromatic amines is 1. The van der Waals surface area contributed by atoms with Crippen LogP contribution in [0.25, 0.3) is 10.9 Å². The molecule has 3 N–H and O–H groups in total. The second kappa shape index (κ2) is 8.19. The number of para-hydroxylation sites is 2. The molecule has 2 saturated heterocycles. The van der Waals surface area contributed by atoms with Crippen molar-refractivity contribution in [3.05, 3.63) is 83.6 Å². The Hall–Kier alpha value is -4.63. The van der Waals surface area contributed by atoms with Gasteiger partial charge in [-0.05, 0) is 42.7 Å². The average Bonchev–Trinajstić information content (AvgIpc) is 3.68. The summed E-state index contributed by atoms with van der Waals surface area (Å²) in [7, 11) is 0. The lowest BCUT2D eigenvalue weighted by Crippen LogP contribution is -2.53. The smallest absolute Gasteiger partial charge is 0.250 e. The van der Waals surface area contributed by atoms with Crippen molar-refractivity contribution < 1.29 is 23.9 Å². The molecule has 4 aliphatic heterocycles. The first-order valence-corrected chi connectivity index (χ1v) is 13.5. The normalized spacial score (nSPS) is 26.5. The molecule has 0 saturated carbocycles. The number of nitrogens with zero attached hydrogens (tertiary/aromatic N) is 1. The number of amides is 3. The van der Waals surface area contributed by atoms with E-state index in [0.717, 1.165) is 22.0 Å². The standard InChI is InChI=1S/C31H26N4O5/c1-16-5-4-7-20-27(16)33-30(38)31(20)26-25(22(34-31)13-17-15-32-21-8-3-2-6-19(17)21)28(36)35(29(26)37)18-9-10-23-24(14-18)40-12-11-39-23/h2-10,14-15,22,25-26,32,34H,11-13H2,1H3,(H,33,38)/t22-,25-,26+,31-/m1/s1. The summed E-state index contributed by atoms with van der Waals surface area (Å²) >= 11 is 0. The number of nitrogens with one attached hydrogen (secondary N) is 3. The zero-order chi connectivity index (χ0) is 27.2. The number of benzene rings is 3. The zero-order valence-electron chi connectivity index (χ0n) is 21.7. The van der Waals surface area contributed by atoms with Gasteiger partial charge in [-0.2, -0.15) is 0 Å². The lowest BCUT2D eigenvalue weighted by molar-refractivity contribution is -0.130. The number of H-pyrrole nitrogens is 1. The largest absolute Gasteiger partial charge is 0.486 e. The first-order chi connectivity index (χ1) is 19.5. The van der Waals surface area contributed by atoms with Gasteiger partial charge in [0.15, 0.2) is 11.5 Å². The average molecular weight is 535 g/mol. The van der Waals surface area contributed by atoms with Crippen LogP contribution < -0.4 is 25.0 Å². The minimum absolute atomic E-state index is 0.307. The number of ether oxygens (including phenoxy) is 2. The number of rotatable bonds is 3. The third-order valence-electron chi connectivity index (χ3n) is 8.86. The van der Waals surface area contributed by atoms with Crippen LogP contribution in [-0.4, -0.2) is 42.0 Å². The Morgan fingerprint density at radius 1 is 0.950 bits per heavy atom. The van der Waals surface area contributed by atoms with Gasteiger partial charge < -0.3 is 19.8 Å². The van der Waals surface area contributed by atoms with Crippen LogP contribution >= 0.6 is 0 Å². The molecule has 5 heterocycles. The first kappa shape index (κ1) is 23.3. The van der Waals surface area contributed by atoms with Gasteiger partial charge in [-0.3, -0.25) is 19.7 Å². The van der Waals surface area contributed by atoms with E-state index >= 15 is 0 Å². The number of fused-ring (bicyclic) bond motifs is 6. The van der Waals surface area contributed by atoms with E-state index < -0.39 is 29.3 Å². The quantitative estimate of drug-likeness (QED) is 0.347. The summed E-state index contributed by atoms with van der Waals surface area (Å²) in [6.07, 6.45) is 2.41. The van der Waals surface area contributed by atoms with Gasteiger partial charge in [0.2, 0.25) is 17.7 Å². The second-order valence-corrected chi connectivity index (χ2v) is 10.9. The predicted octanol–water partition coefficient (Wildman–Crippen LogP) is 3.42. The molecule has 1 spiro atoms. The van der Waals surface area contributed by atoms with Gasteiger partial charge in [0.1, 0.15) is 18.8 Å². The van der Waals surface area contributed by atoms with Crippen molar-refractivity contribution in [2.24, 2.45) is 11.8 Å². The summed E-state index contributed by atoms with van der Waals surface area (Å²) in [5.74, 6) is -1.62. The van der Waals surface area contributed by atoms with Crippen molar-refractivity contribution in [2.45, 2.75) is 24.9 Å². The Morgan fingerprint density at radius 3 is 2.65 bits per heavy atom. The van der Waals surface area contributed by atoms with Gasteiger partial charge in [-0.1, -0.05) is 36.4 Å². The van der Waals surface area contributed by atoms with Gasteiger partial charge in [-0.15, -0.1) is 0 Å². The number of anilines is 2. The highest BCUT2D eigenvalue weighted by Crippen LogP contribution is 2.54. The summed E-state index contributed by atoms with van der Waals surface area (Å²) in [4.78, 5) is 47.0. The van der Waals surface area contributed by atoms with E-state index in [1.165, 1.54) is 4.90 Å². The van der Waals surface area contributed by atoms with E-state index in [4.69, 9.17) is 9.47 Å². The summed E-state index contributed by atoms with van der Waals surface area (Å²) in [6, 6.07) is 18.3. The van der Waals surface area contributed by atoms with E-state index in [2.05, 4.69) is 15.6 Å². The molecule has 0 unspecified atom stereocenters. The number of imide groups is 1. The van der Waals surface area contributed by atoms with E-state index in [0.29, 0.717) is 48.1 Å². The summed E-state index contributed by atoms with van der Waals surface area (Å²) in [5.41, 5.74) is 3.37. The highest BCUT2D eigenvalue weighted by atomic mass is 16.6. The van der Waals surface area contributed by atoms with Crippen molar-refractivity contribution in [3.63, 3.8) is 0 Å². The minimum atomic E-state index is -1.36. The van der Waals surface area contributed by atoms with Gasteiger partial charge in [0.05, 0.1) is 17.5 Å². The molecule has 8 rings (SSSR count). The number of hydrogen-bond donors (Lipinski definition) is 3. The highest BCUT2D eigenvalue weighted by Gasteiger charge is 2.70.